The first-order valence-corrected chi connectivity index (χ1v) is 4.59. The molecule has 13 heavy (non-hydrogen) atoms. The van der Waals surface area contributed by atoms with E-state index < -0.39 is 0 Å². The van der Waals surface area contributed by atoms with E-state index >= 15 is 0 Å². The molecule has 0 amide bonds. The van der Waals surface area contributed by atoms with E-state index in [-0.39, 0.29) is 12.0 Å². The van der Waals surface area contributed by atoms with Gasteiger partial charge in [0.25, 0.3) is 0 Å². The second-order valence-corrected chi connectivity index (χ2v) is 4.25. The zero-order valence-corrected chi connectivity index (χ0v) is 8.89. The smallest absolute Gasteiger partial charge is 0.129 e. The van der Waals surface area contributed by atoms with E-state index in [1.165, 1.54) is 0 Å². The summed E-state index contributed by atoms with van der Waals surface area (Å²) in [6.45, 7) is 5.94. The van der Waals surface area contributed by atoms with Crippen LogP contribution in [-0.2, 0) is 5.41 Å². The van der Waals surface area contributed by atoms with Gasteiger partial charge in [0.1, 0.15) is 5.15 Å². The summed E-state index contributed by atoms with van der Waals surface area (Å²) in [5.74, 6) is 0. The zero-order valence-electron chi connectivity index (χ0n) is 8.13. The Hall–Kier alpha value is -0.600. The fraction of sp³-hybridized carbons (Fsp3) is 0.500. The molecule has 0 aromatic carbocycles. The molecule has 1 aromatic rings. The van der Waals surface area contributed by atoms with E-state index in [4.69, 9.17) is 16.7 Å². The number of hydrogen-bond donors (Lipinski definition) is 1. The maximum Gasteiger partial charge on any atom is 0.129 e. The molecule has 3 heteroatoms. The van der Waals surface area contributed by atoms with Crippen molar-refractivity contribution < 1.29 is 5.11 Å². The molecule has 0 saturated carbocycles. The van der Waals surface area contributed by atoms with Crippen LogP contribution in [0.2, 0.25) is 5.15 Å². The number of aryl methyl sites for hydroxylation is 1. The summed E-state index contributed by atoms with van der Waals surface area (Å²) in [6.07, 6.45) is 0. The van der Waals surface area contributed by atoms with Crippen molar-refractivity contribution in [1.29, 1.82) is 0 Å². The van der Waals surface area contributed by atoms with Crippen molar-refractivity contribution >= 4 is 11.6 Å². The predicted molar refractivity (Wildman–Crippen MR) is 54.1 cm³/mol. The molecular formula is C10H14ClNO. The molecule has 0 bridgehead atoms. The van der Waals surface area contributed by atoms with Gasteiger partial charge < -0.3 is 5.11 Å². The first-order chi connectivity index (χ1) is 5.95. The molecule has 0 spiro atoms. The first-order valence-electron chi connectivity index (χ1n) is 4.21. The van der Waals surface area contributed by atoms with Crippen molar-refractivity contribution in [2.45, 2.75) is 26.2 Å². The Balaban J connectivity index is 3.15. The van der Waals surface area contributed by atoms with Gasteiger partial charge in [0.15, 0.2) is 0 Å². The SMILES string of the molecule is Cc1cc(C(C)(C)CO)cc(Cl)n1. The van der Waals surface area contributed by atoms with Crippen molar-refractivity contribution in [3.05, 3.63) is 28.5 Å². The fourth-order valence-corrected chi connectivity index (χ4v) is 1.36. The van der Waals surface area contributed by atoms with Crippen LogP contribution < -0.4 is 0 Å². The van der Waals surface area contributed by atoms with Gasteiger partial charge in [0.05, 0.1) is 6.61 Å². The average molecular weight is 200 g/mol. The Morgan fingerprint density at radius 1 is 1.46 bits per heavy atom. The summed E-state index contributed by atoms with van der Waals surface area (Å²) in [7, 11) is 0. The molecule has 0 aliphatic carbocycles. The lowest BCUT2D eigenvalue weighted by Gasteiger charge is -2.22. The molecule has 2 nitrogen and oxygen atoms in total. The zero-order chi connectivity index (χ0) is 10.1. The van der Waals surface area contributed by atoms with Crippen LogP contribution in [0, 0.1) is 6.92 Å². The van der Waals surface area contributed by atoms with Crippen LogP contribution in [0.3, 0.4) is 0 Å². The van der Waals surface area contributed by atoms with Crippen LogP contribution in [0.1, 0.15) is 25.1 Å². The van der Waals surface area contributed by atoms with Crippen LogP contribution in [0.25, 0.3) is 0 Å². The van der Waals surface area contributed by atoms with Crippen LogP contribution in [0.15, 0.2) is 12.1 Å². The summed E-state index contributed by atoms with van der Waals surface area (Å²) in [4.78, 5) is 4.07. The van der Waals surface area contributed by atoms with E-state index in [2.05, 4.69) is 4.98 Å². The minimum atomic E-state index is -0.253. The Morgan fingerprint density at radius 2 is 2.08 bits per heavy atom. The van der Waals surface area contributed by atoms with Crippen LogP contribution in [0.5, 0.6) is 0 Å². The molecule has 0 saturated heterocycles. The maximum atomic E-state index is 9.17. The predicted octanol–water partition coefficient (Wildman–Crippen LogP) is 2.31. The standard InChI is InChI=1S/C10H14ClNO/c1-7-4-8(5-9(11)12-7)10(2,3)6-13/h4-5,13H,6H2,1-3H3. The highest BCUT2D eigenvalue weighted by atomic mass is 35.5. The van der Waals surface area contributed by atoms with Gasteiger partial charge in [-0.3, -0.25) is 0 Å². The van der Waals surface area contributed by atoms with Crippen molar-refractivity contribution in [3.63, 3.8) is 0 Å². The van der Waals surface area contributed by atoms with E-state index in [1.807, 2.05) is 26.8 Å². The number of pyridine rings is 1. The number of aliphatic hydroxyl groups is 1. The van der Waals surface area contributed by atoms with Gasteiger partial charge in [-0.15, -0.1) is 0 Å². The van der Waals surface area contributed by atoms with Crippen LogP contribution in [0.4, 0.5) is 0 Å². The van der Waals surface area contributed by atoms with Crippen molar-refractivity contribution in [3.8, 4) is 0 Å². The third-order valence-electron chi connectivity index (χ3n) is 2.10. The number of aromatic nitrogens is 1. The number of nitrogens with zero attached hydrogens (tertiary/aromatic N) is 1. The van der Waals surface area contributed by atoms with Gasteiger partial charge in [-0.1, -0.05) is 25.4 Å². The molecule has 1 rings (SSSR count). The molecule has 0 atom stereocenters. The van der Waals surface area contributed by atoms with Gasteiger partial charge in [-0.05, 0) is 24.6 Å². The highest BCUT2D eigenvalue weighted by molar-refractivity contribution is 6.29. The Kier molecular flexibility index (Phi) is 2.94. The lowest BCUT2D eigenvalue weighted by atomic mass is 9.86. The fourth-order valence-electron chi connectivity index (χ4n) is 1.11. The number of hydrogen-bond acceptors (Lipinski definition) is 2. The van der Waals surface area contributed by atoms with Crippen LogP contribution >= 0.6 is 11.6 Å². The molecular weight excluding hydrogens is 186 g/mol. The summed E-state index contributed by atoms with van der Waals surface area (Å²) < 4.78 is 0. The quantitative estimate of drug-likeness (QED) is 0.742. The van der Waals surface area contributed by atoms with E-state index in [0.717, 1.165) is 11.3 Å². The largest absolute Gasteiger partial charge is 0.395 e. The van der Waals surface area contributed by atoms with Gasteiger partial charge in [0, 0.05) is 11.1 Å². The van der Waals surface area contributed by atoms with Crippen LogP contribution in [-0.4, -0.2) is 16.7 Å². The van der Waals surface area contributed by atoms with Crippen molar-refractivity contribution in [2.75, 3.05) is 6.61 Å². The second-order valence-electron chi connectivity index (χ2n) is 3.86. The van der Waals surface area contributed by atoms with Gasteiger partial charge in [-0.2, -0.15) is 0 Å². The third kappa shape index (κ3) is 2.42. The highest BCUT2D eigenvalue weighted by Crippen LogP contribution is 2.24. The van der Waals surface area contributed by atoms with Crippen molar-refractivity contribution in [2.24, 2.45) is 0 Å². The molecule has 1 N–H and O–H groups in total. The maximum absolute atomic E-state index is 9.17. The third-order valence-corrected chi connectivity index (χ3v) is 2.29. The lowest BCUT2D eigenvalue weighted by Crippen LogP contribution is -2.22. The Labute approximate surface area is 83.6 Å². The lowest BCUT2D eigenvalue weighted by molar-refractivity contribution is 0.218. The number of halogens is 1. The Bertz CT molecular complexity index is 290. The molecule has 1 aromatic heterocycles. The molecule has 0 aliphatic rings. The molecule has 0 fully saturated rings. The number of aliphatic hydroxyl groups excluding tert-OH is 1. The van der Waals surface area contributed by atoms with Gasteiger partial charge >= 0.3 is 0 Å². The second kappa shape index (κ2) is 3.64. The van der Waals surface area contributed by atoms with E-state index in [9.17, 15) is 0 Å². The first kappa shape index (κ1) is 10.5. The topological polar surface area (TPSA) is 33.1 Å². The molecule has 72 valence electrons. The minimum absolute atomic E-state index is 0.104. The molecule has 0 unspecified atom stereocenters. The summed E-state index contributed by atoms with van der Waals surface area (Å²) in [6, 6.07) is 3.74. The summed E-state index contributed by atoms with van der Waals surface area (Å²) >= 11 is 5.82. The minimum Gasteiger partial charge on any atom is -0.395 e. The van der Waals surface area contributed by atoms with E-state index in [1.54, 1.807) is 6.07 Å². The van der Waals surface area contributed by atoms with E-state index in [0.29, 0.717) is 5.15 Å². The molecule has 1 heterocycles. The number of rotatable bonds is 2. The summed E-state index contributed by atoms with van der Waals surface area (Å²) in [5.41, 5.74) is 1.65. The van der Waals surface area contributed by atoms with Gasteiger partial charge in [-0.25, -0.2) is 4.98 Å². The summed E-state index contributed by atoms with van der Waals surface area (Å²) in [5, 5.41) is 9.65. The van der Waals surface area contributed by atoms with Crippen molar-refractivity contribution in [1.82, 2.24) is 4.98 Å². The average Bonchev–Trinajstić information content (AvgIpc) is 2.02. The molecule has 0 aliphatic heterocycles. The Morgan fingerprint density at radius 3 is 2.54 bits per heavy atom. The van der Waals surface area contributed by atoms with Gasteiger partial charge in [0.2, 0.25) is 0 Å². The highest BCUT2D eigenvalue weighted by Gasteiger charge is 2.20. The monoisotopic (exact) mass is 199 g/mol. The normalized spacial score (nSPS) is 11.8. The molecule has 0 radical (unpaired) electrons.